The van der Waals surface area contributed by atoms with Crippen molar-refractivity contribution in [1.82, 2.24) is 10.6 Å². The van der Waals surface area contributed by atoms with Crippen LogP contribution in [-0.2, 0) is 11.3 Å². The number of amides is 1. The molecule has 0 aromatic heterocycles. The van der Waals surface area contributed by atoms with Gasteiger partial charge in [0.05, 0.1) is 6.54 Å². The second kappa shape index (κ2) is 7.71. The molecule has 4 heteroatoms. The lowest BCUT2D eigenvalue weighted by molar-refractivity contribution is -0.119. The molecule has 0 aliphatic heterocycles. The second-order valence-electron chi connectivity index (χ2n) is 4.22. The molecule has 0 radical (unpaired) electrons. The number of carbonyl (C=O) groups excluding carboxylic acids is 1. The fourth-order valence-corrected chi connectivity index (χ4v) is 1.85. The zero-order valence-corrected chi connectivity index (χ0v) is 11.5. The van der Waals surface area contributed by atoms with Crippen LogP contribution in [0, 0.1) is 0 Å². The maximum Gasteiger partial charge on any atom is 0.239 e. The van der Waals surface area contributed by atoms with E-state index in [1.807, 2.05) is 37.1 Å². The van der Waals surface area contributed by atoms with E-state index in [1.165, 1.54) is 5.56 Å². The van der Waals surface area contributed by atoms with Crippen LogP contribution >= 0.6 is 0 Å². The molecule has 0 atom stereocenters. The van der Waals surface area contributed by atoms with Crippen LogP contribution in [0.4, 0.5) is 5.69 Å². The molecule has 1 amide bonds. The fraction of sp³-hybridized carbons (Fsp3) is 0.500. The van der Waals surface area contributed by atoms with Gasteiger partial charge in [-0.3, -0.25) is 4.79 Å². The largest absolute Gasteiger partial charge is 0.365 e. The number of hydrogen-bond donors (Lipinski definition) is 2. The number of carbonyl (C=O) groups is 1. The summed E-state index contributed by atoms with van der Waals surface area (Å²) in [6, 6.07) is 8.16. The van der Waals surface area contributed by atoms with Gasteiger partial charge in [-0.25, -0.2) is 0 Å². The number of likely N-dealkylation sites (N-methyl/N-ethyl adjacent to an activating group) is 2. The van der Waals surface area contributed by atoms with E-state index in [4.69, 9.17) is 0 Å². The highest BCUT2D eigenvalue weighted by Gasteiger charge is 2.09. The van der Waals surface area contributed by atoms with Gasteiger partial charge in [0, 0.05) is 25.8 Å². The minimum absolute atomic E-state index is 0.0539. The first kappa shape index (κ1) is 14.5. The Morgan fingerprint density at radius 2 is 1.94 bits per heavy atom. The predicted molar refractivity (Wildman–Crippen MR) is 75.8 cm³/mol. The highest BCUT2D eigenvalue weighted by Crippen LogP contribution is 2.18. The molecule has 0 aliphatic rings. The standard InChI is InChI=1S/C14H23N3O/c1-4-15-10-12-8-6-7-9-13(12)17(3)11-14(18)16-5-2/h6-9,15H,4-5,10-11H2,1-3H3,(H,16,18). The summed E-state index contributed by atoms with van der Waals surface area (Å²) in [7, 11) is 1.94. The lowest BCUT2D eigenvalue weighted by Crippen LogP contribution is -2.35. The van der Waals surface area contributed by atoms with Gasteiger partial charge in [0.2, 0.25) is 5.91 Å². The average Bonchev–Trinajstić information content (AvgIpc) is 2.36. The fourth-order valence-electron chi connectivity index (χ4n) is 1.85. The molecular weight excluding hydrogens is 226 g/mol. The molecule has 0 heterocycles. The topological polar surface area (TPSA) is 44.4 Å². The Morgan fingerprint density at radius 3 is 2.61 bits per heavy atom. The number of nitrogens with zero attached hydrogens (tertiary/aromatic N) is 1. The first-order valence-corrected chi connectivity index (χ1v) is 6.45. The van der Waals surface area contributed by atoms with Crippen LogP contribution in [0.25, 0.3) is 0 Å². The molecule has 0 saturated carbocycles. The van der Waals surface area contributed by atoms with Crippen molar-refractivity contribution in [3.05, 3.63) is 29.8 Å². The normalized spacial score (nSPS) is 10.2. The highest BCUT2D eigenvalue weighted by atomic mass is 16.1. The van der Waals surface area contributed by atoms with Crippen molar-refractivity contribution in [3.63, 3.8) is 0 Å². The average molecular weight is 249 g/mol. The Bertz CT molecular complexity index is 379. The predicted octanol–water partition coefficient (Wildman–Crippen LogP) is 1.37. The summed E-state index contributed by atoms with van der Waals surface area (Å²) in [6.45, 7) is 6.83. The van der Waals surface area contributed by atoms with Crippen LogP contribution in [0.15, 0.2) is 24.3 Å². The second-order valence-corrected chi connectivity index (χ2v) is 4.22. The number of nitrogens with one attached hydrogen (secondary N) is 2. The Morgan fingerprint density at radius 1 is 1.22 bits per heavy atom. The van der Waals surface area contributed by atoms with Crippen LogP contribution in [-0.4, -0.2) is 32.6 Å². The minimum atomic E-state index is 0.0539. The third-order valence-corrected chi connectivity index (χ3v) is 2.72. The van der Waals surface area contributed by atoms with Crippen molar-refractivity contribution < 1.29 is 4.79 Å². The Balaban J connectivity index is 2.71. The van der Waals surface area contributed by atoms with Gasteiger partial charge in [-0.1, -0.05) is 25.1 Å². The van der Waals surface area contributed by atoms with Crippen LogP contribution in [0.5, 0.6) is 0 Å². The Hall–Kier alpha value is -1.55. The van der Waals surface area contributed by atoms with E-state index in [9.17, 15) is 4.79 Å². The highest BCUT2D eigenvalue weighted by molar-refractivity contribution is 5.81. The third-order valence-electron chi connectivity index (χ3n) is 2.72. The van der Waals surface area contributed by atoms with Crippen molar-refractivity contribution in [3.8, 4) is 0 Å². The van der Waals surface area contributed by atoms with Crippen LogP contribution in [0.1, 0.15) is 19.4 Å². The summed E-state index contributed by atoms with van der Waals surface area (Å²) >= 11 is 0. The lowest BCUT2D eigenvalue weighted by Gasteiger charge is -2.22. The van der Waals surface area contributed by atoms with Gasteiger partial charge < -0.3 is 15.5 Å². The number of anilines is 1. The third kappa shape index (κ3) is 4.37. The minimum Gasteiger partial charge on any atom is -0.365 e. The van der Waals surface area contributed by atoms with Gasteiger partial charge in [0.25, 0.3) is 0 Å². The summed E-state index contributed by atoms with van der Waals surface area (Å²) in [5.74, 6) is 0.0539. The molecule has 0 spiro atoms. The van der Waals surface area contributed by atoms with Crippen LogP contribution < -0.4 is 15.5 Å². The smallest absolute Gasteiger partial charge is 0.239 e. The number of benzene rings is 1. The van der Waals surface area contributed by atoms with Gasteiger partial charge in [-0.15, -0.1) is 0 Å². The monoisotopic (exact) mass is 249 g/mol. The van der Waals surface area contributed by atoms with E-state index in [-0.39, 0.29) is 5.91 Å². The van der Waals surface area contributed by atoms with E-state index in [2.05, 4.69) is 23.6 Å². The van der Waals surface area contributed by atoms with Crippen molar-refractivity contribution in [2.24, 2.45) is 0 Å². The molecule has 2 N–H and O–H groups in total. The van der Waals surface area contributed by atoms with Crippen molar-refractivity contribution in [1.29, 1.82) is 0 Å². The van der Waals surface area contributed by atoms with Gasteiger partial charge in [-0.05, 0) is 25.1 Å². The number of rotatable bonds is 7. The molecule has 1 rings (SSSR count). The van der Waals surface area contributed by atoms with Gasteiger partial charge in [0.1, 0.15) is 0 Å². The Labute approximate surface area is 109 Å². The van der Waals surface area contributed by atoms with Crippen molar-refractivity contribution in [2.75, 3.05) is 31.6 Å². The Kier molecular flexibility index (Phi) is 6.22. The maximum atomic E-state index is 11.6. The van der Waals surface area contributed by atoms with Crippen molar-refractivity contribution >= 4 is 11.6 Å². The van der Waals surface area contributed by atoms with Gasteiger partial charge >= 0.3 is 0 Å². The summed E-state index contributed by atoms with van der Waals surface area (Å²) in [6.07, 6.45) is 0. The molecule has 18 heavy (non-hydrogen) atoms. The van der Waals surface area contributed by atoms with Crippen molar-refractivity contribution in [2.45, 2.75) is 20.4 Å². The molecule has 0 aliphatic carbocycles. The van der Waals surface area contributed by atoms with Crippen LogP contribution in [0.2, 0.25) is 0 Å². The molecule has 0 bridgehead atoms. The van der Waals surface area contributed by atoms with E-state index in [0.717, 1.165) is 18.8 Å². The summed E-state index contributed by atoms with van der Waals surface area (Å²) in [5, 5.41) is 6.12. The van der Waals surface area contributed by atoms with Gasteiger partial charge in [0.15, 0.2) is 0 Å². The molecule has 0 fully saturated rings. The summed E-state index contributed by atoms with van der Waals surface area (Å²) < 4.78 is 0. The van der Waals surface area contributed by atoms with E-state index < -0.39 is 0 Å². The maximum absolute atomic E-state index is 11.6. The number of para-hydroxylation sites is 1. The zero-order chi connectivity index (χ0) is 13.4. The van der Waals surface area contributed by atoms with E-state index in [0.29, 0.717) is 13.1 Å². The van der Waals surface area contributed by atoms with Gasteiger partial charge in [-0.2, -0.15) is 0 Å². The zero-order valence-electron chi connectivity index (χ0n) is 11.5. The van der Waals surface area contributed by atoms with E-state index >= 15 is 0 Å². The summed E-state index contributed by atoms with van der Waals surface area (Å²) in [5.41, 5.74) is 2.32. The lowest BCUT2D eigenvalue weighted by atomic mass is 10.1. The summed E-state index contributed by atoms with van der Waals surface area (Å²) in [4.78, 5) is 13.6. The molecule has 100 valence electrons. The number of hydrogen-bond acceptors (Lipinski definition) is 3. The molecular formula is C14H23N3O. The first-order chi connectivity index (χ1) is 8.69. The SMILES string of the molecule is CCNCc1ccccc1N(C)CC(=O)NCC. The molecule has 0 saturated heterocycles. The quantitative estimate of drug-likeness (QED) is 0.767. The van der Waals surface area contributed by atoms with E-state index in [1.54, 1.807) is 0 Å². The molecule has 1 aromatic rings. The molecule has 4 nitrogen and oxygen atoms in total. The molecule has 1 aromatic carbocycles. The first-order valence-electron chi connectivity index (χ1n) is 6.45. The van der Waals surface area contributed by atoms with Crippen LogP contribution in [0.3, 0.4) is 0 Å². The molecule has 0 unspecified atom stereocenters.